The number of carbonyl (C=O) groups is 3. The molecule has 0 spiro atoms. The van der Waals surface area contributed by atoms with E-state index in [4.69, 9.17) is 28.4 Å². The largest absolute Gasteiger partial charge is 0.490 e. The second kappa shape index (κ2) is 19.6. The fourth-order valence-corrected chi connectivity index (χ4v) is 5.22. The molecule has 0 aliphatic heterocycles. The third-order valence-corrected chi connectivity index (χ3v) is 7.76. The van der Waals surface area contributed by atoms with Crippen LogP contribution in [0.4, 0.5) is 0 Å². The Kier molecular flexibility index (Phi) is 15.4. The number of ether oxygens (including phenoxy) is 6. The van der Waals surface area contributed by atoms with Gasteiger partial charge in [-0.3, -0.25) is 0 Å². The fourth-order valence-electron chi connectivity index (χ4n) is 5.22. The Morgan fingerprint density at radius 2 is 0.940 bits per heavy atom. The lowest BCUT2D eigenvalue weighted by Crippen LogP contribution is -2.16. The van der Waals surface area contributed by atoms with Crippen molar-refractivity contribution in [3.63, 3.8) is 0 Å². The van der Waals surface area contributed by atoms with E-state index in [1.54, 1.807) is 20.8 Å². The Morgan fingerprint density at radius 3 is 1.42 bits per heavy atom. The highest BCUT2D eigenvalue weighted by Gasteiger charge is 2.26. The van der Waals surface area contributed by atoms with Gasteiger partial charge >= 0.3 is 17.9 Å². The summed E-state index contributed by atoms with van der Waals surface area (Å²) in [4.78, 5) is 35.8. The summed E-state index contributed by atoms with van der Waals surface area (Å²) >= 11 is 0. The van der Waals surface area contributed by atoms with Gasteiger partial charge in [-0.1, -0.05) is 88.2 Å². The van der Waals surface area contributed by atoms with E-state index in [1.165, 1.54) is 0 Å². The molecular weight excluding hydrogens is 636 g/mol. The number of hydrogen-bond donors (Lipinski definition) is 0. The molecule has 0 bridgehead atoms. The molecule has 2 unspecified atom stereocenters. The Morgan fingerprint density at radius 1 is 0.540 bits per heavy atom. The quantitative estimate of drug-likeness (QED) is 0.0509. The van der Waals surface area contributed by atoms with Crippen LogP contribution in [0.3, 0.4) is 0 Å². The Balaban J connectivity index is 1.97. The molecule has 0 aromatic heterocycles. The lowest BCUT2D eigenvalue weighted by molar-refractivity contribution is -0.140. The van der Waals surface area contributed by atoms with Gasteiger partial charge in [0.1, 0.15) is 56.9 Å². The lowest BCUT2D eigenvalue weighted by atomic mass is 9.83. The van der Waals surface area contributed by atoms with Gasteiger partial charge in [-0.05, 0) is 39.3 Å². The van der Waals surface area contributed by atoms with Gasteiger partial charge in [-0.2, -0.15) is 0 Å². The molecule has 0 radical (unpaired) electrons. The van der Waals surface area contributed by atoms with Gasteiger partial charge in [-0.25, -0.2) is 14.4 Å². The van der Waals surface area contributed by atoms with Crippen LogP contribution in [0.15, 0.2) is 103 Å². The molecule has 3 rings (SSSR count). The minimum absolute atomic E-state index is 0.0375. The van der Waals surface area contributed by atoms with Gasteiger partial charge in [0.15, 0.2) is 0 Å². The van der Waals surface area contributed by atoms with Crippen molar-refractivity contribution in [2.24, 2.45) is 0 Å². The maximum atomic E-state index is 12.1. The number of rotatable bonds is 20. The number of para-hydroxylation sites is 3. The van der Waals surface area contributed by atoms with Gasteiger partial charge in [-0.15, -0.1) is 0 Å². The first-order valence-corrected chi connectivity index (χ1v) is 16.6. The molecule has 9 heteroatoms. The average Bonchev–Trinajstić information content (AvgIpc) is 3.10. The minimum Gasteiger partial charge on any atom is -0.490 e. The van der Waals surface area contributed by atoms with Gasteiger partial charge in [0.05, 0.1) is 0 Å². The van der Waals surface area contributed by atoms with Gasteiger partial charge in [0, 0.05) is 50.8 Å². The van der Waals surface area contributed by atoms with Crippen LogP contribution in [-0.4, -0.2) is 57.5 Å². The molecule has 3 aromatic carbocycles. The van der Waals surface area contributed by atoms with Crippen LogP contribution in [0.1, 0.15) is 75.1 Å². The van der Waals surface area contributed by atoms with Crippen molar-refractivity contribution in [1.82, 2.24) is 0 Å². The van der Waals surface area contributed by atoms with E-state index in [9.17, 15) is 14.4 Å². The molecule has 0 aliphatic carbocycles. The van der Waals surface area contributed by atoms with E-state index in [1.807, 2.05) is 66.7 Å². The number of benzene rings is 3. The second-order valence-corrected chi connectivity index (χ2v) is 11.8. The zero-order valence-electron chi connectivity index (χ0n) is 29.8. The lowest BCUT2D eigenvalue weighted by Gasteiger charge is -2.26. The second-order valence-electron chi connectivity index (χ2n) is 11.8. The van der Waals surface area contributed by atoms with Crippen molar-refractivity contribution in [2.45, 2.75) is 52.9 Å². The summed E-state index contributed by atoms with van der Waals surface area (Å²) < 4.78 is 34.5. The summed E-state index contributed by atoms with van der Waals surface area (Å²) in [6, 6.07) is 21.5. The Bertz CT molecular complexity index is 1670. The van der Waals surface area contributed by atoms with Crippen LogP contribution in [0.5, 0.6) is 17.2 Å². The van der Waals surface area contributed by atoms with Crippen molar-refractivity contribution < 1.29 is 42.8 Å². The predicted octanol–water partition coefficient (Wildman–Crippen LogP) is 7.87. The molecule has 0 heterocycles. The van der Waals surface area contributed by atoms with E-state index in [-0.39, 0.29) is 51.5 Å². The highest BCUT2D eigenvalue weighted by atomic mass is 16.6. The average molecular weight is 685 g/mol. The van der Waals surface area contributed by atoms with Crippen molar-refractivity contribution in [1.29, 1.82) is 0 Å². The molecule has 3 aromatic rings. The molecule has 2 atom stereocenters. The zero-order valence-corrected chi connectivity index (χ0v) is 29.8. The fraction of sp³-hybridized carbons (Fsp3) is 0.341. The van der Waals surface area contributed by atoms with E-state index in [2.05, 4.69) is 33.6 Å². The SMILES string of the molecule is C=C(C)C(=O)OCCOc1ccccc1C(C)c1cccc(C(CC)c2ccccc2OCCOC(=O)C(=C)C)c1OCCOC(=O)C(=C)C. The summed E-state index contributed by atoms with van der Waals surface area (Å²) in [6.07, 6.45) is 0.715. The standard InChI is InChI=1S/C41H48O9/c1-9-31(34-16-11-13-20-37(34)46-22-25-49-40(43)28(4)5)35-18-14-17-33(38(35)47-23-26-50-41(44)29(6)7)30(8)32-15-10-12-19-36(32)45-21-24-48-39(42)27(2)3/h10-20,30-31H,2,4,6,9,21-26H2,1,3,5,7-8H3. The van der Waals surface area contributed by atoms with E-state index >= 15 is 0 Å². The maximum Gasteiger partial charge on any atom is 0.333 e. The summed E-state index contributed by atoms with van der Waals surface area (Å²) in [6.45, 7) is 20.5. The number of carbonyl (C=O) groups excluding carboxylic acids is 3. The van der Waals surface area contributed by atoms with Crippen LogP contribution in [0.2, 0.25) is 0 Å². The van der Waals surface area contributed by atoms with E-state index in [0.717, 1.165) is 22.3 Å². The normalized spacial score (nSPS) is 11.8. The molecule has 0 N–H and O–H groups in total. The van der Waals surface area contributed by atoms with Crippen LogP contribution in [0.25, 0.3) is 0 Å². The third-order valence-electron chi connectivity index (χ3n) is 7.76. The summed E-state index contributed by atoms with van der Waals surface area (Å²) in [5.41, 5.74) is 4.64. The van der Waals surface area contributed by atoms with Crippen molar-refractivity contribution in [3.8, 4) is 17.2 Å². The summed E-state index contributed by atoms with van der Waals surface area (Å²) in [5, 5.41) is 0. The van der Waals surface area contributed by atoms with Crippen LogP contribution >= 0.6 is 0 Å². The molecule has 0 fully saturated rings. The molecule has 0 aliphatic rings. The monoisotopic (exact) mass is 684 g/mol. The van der Waals surface area contributed by atoms with Crippen LogP contribution < -0.4 is 14.2 Å². The number of hydrogen-bond acceptors (Lipinski definition) is 9. The summed E-state index contributed by atoms with van der Waals surface area (Å²) in [7, 11) is 0. The third kappa shape index (κ3) is 11.1. The first-order chi connectivity index (χ1) is 24.0. The molecule has 0 saturated heterocycles. The molecule has 9 nitrogen and oxygen atoms in total. The zero-order chi connectivity index (χ0) is 36.6. The molecular formula is C41H48O9. The van der Waals surface area contributed by atoms with E-state index < -0.39 is 17.9 Å². The highest BCUT2D eigenvalue weighted by Crippen LogP contribution is 2.44. The first kappa shape index (κ1) is 39.1. The van der Waals surface area contributed by atoms with Crippen LogP contribution in [0, 0.1) is 0 Å². The Labute approximate surface area is 295 Å². The van der Waals surface area contributed by atoms with Gasteiger partial charge in [0.2, 0.25) is 0 Å². The molecule has 266 valence electrons. The smallest absolute Gasteiger partial charge is 0.333 e. The topological polar surface area (TPSA) is 107 Å². The number of esters is 3. The predicted molar refractivity (Wildman–Crippen MR) is 193 cm³/mol. The van der Waals surface area contributed by atoms with E-state index in [0.29, 0.717) is 40.4 Å². The van der Waals surface area contributed by atoms with Crippen molar-refractivity contribution >= 4 is 17.9 Å². The molecule has 50 heavy (non-hydrogen) atoms. The molecule has 0 saturated carbocycles. The Hall–Kier alpha value is -5.31. The summed E-state index contributed by atoms with van der Waals surface area (Å²) in [5.74, 6) is 0.228. The van der Waals surface area contributed by atoms with Crippen molar-refractivity contribution in [2.75, 3.05) is 39.6 Å². The minimum atomic E-state index is -0.484. The van der Waals surface area contributed by atoms with Crippen LogP contribution in [-0.2, 0) is 28.6 Å². The van der Waals surface area contributed by atoms with Gasteiger partial charge < -0.3 is 28.4 Å². The highest BCUT2D eigenvalue weighted by molar-refractivity contribution is 5.87. The first-order valence-electron chi connectivity index (χ1n) is 16.6. The van der Waals surface area contributed by atoms with Crippen molar-refractivity contribution in [3.05, 3.63) is 125 Å². The maximum absolute atomic E-state index is 12.1. The molecule has 0 amide bonds. The van der Waals surface area contributed by atoms with Gasteiger partial charge in [0.25, 0.3) is 0 Å².